The van der Waals surface area contributed by atoms with Crippen molar-refractivity contribution < 1.29 is 50.0 Å². The van der Waals surface area contributed by atoms with Gasteiger partial charge in [0.25, 0.3) is 0 Å². The summed E-state index contributed by atoms with van der Waals surface area (Å²) in [6.45, 7) is 12.7. The molecular weight excluding hydrogens is 592 g/mol. The van der Waals surface area contributed by atoms with Crippen LogP contribution in [0.4, 0.5) is 0 Å². The van der Waals surface area contributed by atoms with Gasteiger partial charge >= 0.3 is 5.97 Å². The average Bonchev–Trinajstić information content (AvgIpc) is 2.99. The second kappa shape index (κ2) is 11.2. The predicted molar refractivity (Wildman–Crippen MR) is 168 cm³/mol. The summed E-state index contributed by atoms with van der Waals surface area (Å²) >= 11 is 0. The fraction of sp³-hybridized carbons (Fsp3) is 0.917. The number of allylic oxidation sites excluding steroid dienone is 2. The largest absolute Gasteiger partial charge is 0.481 e. The van der Waals surface area contributed by atoms with Gasteiger partial charge < -0.3 is 45.2 Å². The Hall–Kier alpha value is -1.11. The van der Waals surface area contributed by atoms with E-state index in [4.69, 9.17) is 9.47 Å². The van der Waals surface area contributed by atoms with Gasteiger partial charge in [-0.25, -0.2) is 0 Å². The first-order valence-electron chi connectivity index (χ1n) is 17.5. The number of carbonyl (C=O) groups is 1. The highest BCUT2D eigenvalue weighted by Crippen LogP contribution is 2.76. The number of rotatable bonds is 5. The normalized spacial score (nSPS) is 54.8. The van der Waals surface area contributed by atoms with Crippen LogP contribution in [0.25, 0.3) is 0 Å². The van der Waals surface area contributed by atoms with Crippen molar-refractivity contribution >= 4 is 5.97 Å². The standard InChI is InChI=1S/C36H58O10/c1-31(2)15-20-19-7-8-23-32(3)11-10-25(46-29-28(42)27(41)26(40)21(17-37)45-29)33(4,18-38)22(32)9-12-35(23,6)34(19,5)13-14-36(20,30(43)44)16-24(31)39/h7,20-29,37-42H,8-18H2,1-6H3,(H,43,44)/t20-,21+,22-,23-,24-,25-,26+,27+,28+,29-,32-,33-,34+,35+,36+/m0/s1. The van der Waals surface area contributed by atoms with Gasteiger partial charge in [0.2, 0.25) is 0 Å². The molecule has 4 saturated carbocycles. The van der Waals surface area contributed by atoms with Gasteiger partial charge in [0.1, 0.15) is 24.4 Å². The van der Waals surface area contributed by atoms with Crippen LogP contribution >= 0.6 is 0 Å². The Bertz CT molecular complexity index is 1240. The molecule has 0 amide bonds. The molecule has 0 aromatic carbocycles. The van der Waals surface area contributed by atoms with E-state index >= 15 is 0 Å². The number of aliphatic hydroxyl groups is 6. The second-order valence-corrected chi connectivity index (χ2v) is 17.7. The van der Waals surface area contributed by atoms with E-state index in [-0.39, 0.29) is 46.5 Å². The first-order valence-corrected chi connectivity index (χ1v) is 17.5. The molecule has 7 N–H and O–H groups in total. The van der Waals surface area contributed by atoms with Crippen LogP contribution in [0.1, 0.15) is 99.3 Å². The van der Waals surface area contributed by atoms with E-state index in [2.05, 4.69) is 47.6 Å². The third kappa shape index (κ3) is 4.53. The van der Waals surface area contributed by atoms with Crippen LogP contribution in [0, 0.1) is 50.2 Å². The molecule has 15 atom stereocenters. The van der Waals surface area contributed by atoms with Gasteiger partial charge in [0.15, 0.2) is 6.29 Å². The van der Waals surface area contributed by atoms with Crippen LogP contribution < -0.4 is 0 Å². The first kappa shape index (κ1) is 34.7. The lowest BCUT2D eigenvalue weighted by atomic mass is 9.33. The molecule has 0 bridgehead atoms. The summed E-state index contributed by atoms with van der Waals surface area (Å²) in [6, 6.07) is 0. The van der Waals surface area contributed by atoms with Gasteiger partial charge in [0.05, 0.1) is 30.8 Å². The highest BCUT2D eigenvalue weighted by Gasteiger charge is 2.70. The monoisotopic (exact) mass is 650 g/mol. The molecule has 10 heteroatoms. The summed E-state index contributed by atoms with van der Waals surface area (Å²) in [5.74, 6) is -0.507. The molecule has 0 radical (unpaired) electrons. The molecule has 6 aliphatic rings. The minimum Gasteiger partial charge on any atom is -0.481 e. The van der Waals surface area contributed by atoms with E-state index in [0.717, 1.165) is 32.1 Å². The molecular formula is C36H58O10. The van der Waals surface area contributed by atoms with Crippen LogP contribution in [-0.4, -0.2) is 97.8 Å². The molecule has 0 spiro atoms. The Kier molecular flexibility index (Phi) is 8.46. The zero-order valence-electron chi connectivity index (χ0n) is 28.5. The maximum absolute atomic E-state index is 13.0. The molecule has 262 valence electrons. The van der Waals surface area contributed by atoms with Gasteiger partial charge in [0, 0.05) is 5.41 Å². The number of hydrogen-bond donors (Lipinski definition) is 7. The van der Waals surface area contributed by atoms with Gasteiger partial charge in [-0.3, -0.25) is 4.79 Å². The summed E-state index contributed by atoms with van der Waals surface area (Å²) in [5, 5.41) is 73.8. The quantitative estimate of drug-likeness (QED) is 0.173. The van der Waals surface area contributed by atoms with Crippen LogP contribution in [0.3, 0.4) is 0 Å². The molecule has 0 unspecified atom stereocenters. The minimum absolute atomic E-state index is 0.0888. The maximum atomic E-state index is 13.0. The Morgan fingerprint density at radius 1 is 0.891 bits per heavy atom. The predicted octanol–water partition coefficient (Wildman–Crippen LogP) is 3.00. The summed E-state index contributed by atoms with van der Waals surface area (Å²) in [6.07, 6.45) is 0.758. The van der Waals surface area contributed by atoms with Crippen LogP contribution in [0.5, 0.6) is 0 Å². The highest BCUT2D eigenvalue weighted by molar-refractivity contribution is 5.77. The molecule has 0 aromatic rings. The summed E-state index contributed by atoms with van der Waals surface area (Å²) < 4.78 is 12.1. The van der Waals surface area contributed by atoms with E-state index in [1.54, 1.807) is 0 Å². The Balaban J connectivity index is 1.32. The molecule has 5 aliphatic carbocycles. The van der Waals surface area contributed by atoms with E-state index in [1.807, 2.05) is 0 Å². The van der Waals surface area contributed by atoms with Gasteiger partial charge in [-0.05, 0) is 97.2 Å². The molecule has 6 rings (SSSR count). The zero-order chi connectivity index (χ0) is 33.8. The van der Waals surface area contributed by atoms with E-state index in [1.165, 1.54) is 5.57 Å². The molecule has 5 fully saturated rings. The molecule has 1 aliphatic heterocycles. The molecule has 0 aromatic heterocycles. The third-order valence-corrected chi connectivity index (χ3v) is 15.5. The number of ether oxygens (including phenoxy) is 2. The van der Waals surface area contributed by atoms with Crippen molar-refractivity contribution in [2.75, 3.05) is 13.2 Å². The van der Waals surface area contributed by atoms with Crippen LogP contribution in [0.15, 0.2) is 11.6 Å². The Labute approximate surface area is 273 Å². The average molecular weight is 651 g/mol. The lowest BCUT2D eigenvalue weighted by molar-refractivity contribution is -0.333. The number of carboxylic acid groups (broad SMARTS) is 1. The minimum atomic E-state index is -1.53. The van der Waals surface area contributed by atoms with Crippen molar-refractivity contribution in [3.05, 3.63) is 11.6 Å². The smallest absolute Gasteiger partial charge is 0.310 e. The lowest BCUT2D eigenvalue weighted by Gasteiger charge is -2.71. The van der Waals surface area contributed by atoms with E-state index < -0.39 is 66.3 Å². The summed E-state index contributed by atoms with van der Waals surface area (Å²) in [4.78, 5) is 13.0. The first-order chi connectivity index (χ1) is 21.4. The molecule has 1 saturated heterocycles. The SMILES string of the molecule is CC1(C)C[C@H]2C3=CC[C@H]4[C@@]5(C)CC[C@H](O[C@@H]6O[C@H](CO)[C@@H](O)[C@@H](O)[C@H]6O)[C@@](C)(CO)[C@H]5CC[C@@]4(C)[C@]3(C)CC[C@@]2(C(=O)O)C[C@@H]1O. The number of hydrogen-bond acceptors (Lipinski definition) is 9. The van der Waals surface area contributed by atoms with Crippen molar-refractivity contribution in [1.82, 2.24) is 0 Å². The molecule has 10 nitrogen and oxygen atoms in total. The third-order valence-electron chi connectivity index (χ3n) is 15.5. The maximum Gasteiger partial charge on any atom is 0.310 e. The topological polar surface area (TPSA) is 177 Å². The Morgan fingerprint density at radius 3 is 2.22 bits per heavy atom. The van der Waals surface area contributed by atoms with Crippen LogP contribution in [0.2, 0.25) is 0 Å². The van der Waals surface area contributed by atoms with Crippen molar-refractivity contribution in [3.8, 4) is 0 Å². The summed E-state index contributed by atoms with van der Waals surface area (Å²) in [7, 11) is 0. The van der Waals surface area contributed by atoms with Crippen molar-refractivity contribution in [2.24, 2.45) is 50.2 Å². The van der Waals surface area contributed by atoms with E-state index in [9.17, 15) is 40.5 Å². The second-order valence-electron chi connectivity index (χ2n) is 17.7. The van der Waals surface area contributed by atoms with Gasteiger partial charge in [-0.2, -0.15) is 0 Å². The number of carboxylic acids is 1. The van der Waals surface area contributed by atoms with Crippen LogP contribution in [-0.2, 0) is 14.3 Å². The molecule has 1 heterocycles. The zero-order valence-corrected chi connectivity index (χ0v) is 28.5. The summed E-state index contributed by atoms with van der Waals surface area (Å²) in [5.41, 5.74) is -1.13. The molecule has 46 heavy (non-hydrogen) atoms. The number of fused-ring (bicyclic) bond motifs is 7. The van der Waals surface area contributed by atoms with Gasteiger partial charge in [-0.15, -0.1) is 0 Å². The fourth-order valence-corrected chi connectivity index (χ4v) is 12.2. The fourth-order valence-electron chi connectivity index (χ4n) is 12.2. The number of aliphatic carboxylic acids is 1. The Morgan fingerprint density at radius 2 is 1.59 bits per heavy atom. The number of aliphatic hydroxyl groups excluding tert-OH is 6. The van der Waals surface area contributed by atoms with Crippen molar-refractivity contribution in [3.63, 3.8) is 0 Å². The highest BCUT2D eigenvalue weighted by atomic mass is 16.7. The van der Waals surface area contributed by atoms with Crippen molar-refractivity contribution in [2.45, 2.75) is 142 Å². The lowest BCUT2D eigenvalue weighted by Crippen LogP contribution is -2.67. The van der Waals surface area contributed by atoms with Gasteiger partial charge in [-0.1, -0.05) is 53.2 Å². The van der Waals surface area contributed by atoms with Crippen molar-refractivity contribution in [1.29, 1.82) is 0 Å². The van der Waals surface area contributed by atoms with E-state index in [0.29, 0.717) is 25.2 Å².